The summed E-state index contributed by atoms with van der Waals surface area (Å²) < 4.78 is 0. The number of benzene rings is 1. The van der Waals surface area contributed by atoms with E-state index in [-0.39, 0.29) is 12.2 Å². The van der Waals surface area contributed by atoms with E-state index in [0.29, 0.717) is 15.6 Å². The molecule has 132 valence electrons. The van der Waals surface area contributed by atoms with Gasteiger partial charge in [-0.3, -0.25) is 9.78 Å². The number of rotatable bonds is 6. The van der Waals surface area contributed by atoms with Crippen molar-refractivity contribution in [2.24, 2.45) is 5.92 Å². The molecular weight excluding hydrogens is 356 g/mol. The molecule has 0 aliphatic carbocycles. The van der Waals surface area contributed by atoms with Gasteiger partial charge < -0.3 is 0 Å². The second-order valence-corrected chi connectivity index (χ2v) is 7.03. The molecule has 0 amide bonds. The van der Waals surface area contributed by atoms with Gasteiger partial charge in [0.05, 0.1) is 28.4 Å². The molecule has 0 spiro atoms. The molecule has 27 heavy (non-hydrogen) atoms. The minimum atomic E-state index is -0.889. The Labute approximate surface area is 161 Å². The Morgan fingerprint density at radius 1 is 1.11 bits per heavy atom. The van der Waals surface area contributed by atoms with E-state index in [2.05, 4.69) is 9.97 Å². The van der Waals surface area contributed by atoms with Crippen molar-refractivity contribution in [2.45, 2.75) is 19.3 Å². The van der Waals surface area contributed by atoms with E-state index < -0.39 is 11.8 Å². The van der Waals surface area contributed by atoms with Gasteiger partial charge in [0.15, 0.2) is 5.78 Å². The maximum absolute atomic E-state index is 13.0. The van der Waals surface area contributed by atoms with Crippen LogP contribution in [0.5, 0.6) is 0 Å². The molecular formula is C21H16N4OS. The van der Waals surface area contributed by atoms with Gasteiger partial charge in [0, 0.05) is 18.5 Å². The number of nitrogens with zero attached hydrogens (tertiary/aromatic N) is 4. The number of nitriles is 2. The maximum Gasteiger partial charge on any atom is 0.175 e. The first kappa shape index (κ1) is 18.4. The van der Waals surface area contributed by atoms with E-state index in [0.717, 1.165) is 11.3 Å². The molecule has 0 unspecified atom stereocenters. The fourth-order valence-electron chi connectivity index (χ4n) is 2.88. The van der Waals surface area contributed by atoms with Crippen LogP contribution in [-0.2, 0) is 0 Å². The molecule has 2 heterocycles. The lowest BCUT2D eigenvalue weighted by molar-refractivity contribution is 0.0974. The molecule has 3 aromatic rings. The molecule has 0 aliphatic rings. The zero-order chi connectivity index (χ0) is 19.2. The normalized spacial score (nSPS) is 11.6. The van der Waals surface area contributed by atoms with E-state index in [1.54, 1.807) is 13.1 Å². The summed E-state index contributed by atoms with van der Waals surface area (Å²) in [6.45, 7) is 1.79. The summed E-state index contributed by atoms with van der Waals surface area (Å²) in [4.78, 5) is 22.3. The average molecular weight is 372 g/mol. The summed E-state index contributed by atoms with van der Waals surface area (Å²) in [6, 6.07) is 18.8. The molecule has 0 aliphatic heterocycles. The second-order valence-electron chi connectivity index (χ2n) is 6.03. The number of pyridine rings is 1. The highest BCUT2D eigenvalue weighted by atomic mass is 32.1. The third kappa shape index (κ3) is 4.08. The van der Waals surface area contributed by atoms with Gasteiger partial charge in [0.25, 0.3) is 0 Å². The highest BCUT2D eigenvalue weighted by molar-refractivity contribution is 7.17. The van der Waals surface area contributed by atoms with Gasteiger partial charge in [-0.05, 0) is 24.6 Å². The fraction of sp³-hybridized carbons (Fsp3) is 0.190. The third-order valence-electron chi connectivity index (χ3n) is 4.25. The molecule has 3 rings (SSSR count). The van der Waals surface area contributed by atoms with Gasteiger partial charge in [0.2, 0.25) is 0 Å². The topological polar surface area (TPSA) is 90.4 Å². The Balaban J connectivity index is 1.90. The molecule has 0 N–H and O–H groups in total. The number of aromatic nitrogens is 2. The van der Waals surface area contributed by atoms with E-state index in [9.17, 15) is 15.3 Å². The molecule has 0 radical (unpaired) electrons. The lowest BCUT2D eigenvalue weighted by Crippen LogP contribution is -2.15. The minimum absolute atomic E-state index is 0.0838. The molecule has 1 aromatic carbocycles. The summed E-state index contributed by atoms with van der Waals surface area (Å²) in [5.41, 5.74) is 2.17. The van der Waals surface area contributed by atoms with Crippen molar-refractivity contribution in [3.63, 3.8) is 0 Å². The fourth-order valence-corrected chi connectivity index (χ4v) is 3.88. The standard InChI is InChI=1S/C21H16N4OS/c1-14-20(27-21(25-14)18-9-5-6-10-24-18)19(26)11-17(16(12-22)13-23)15-7-3-2-4-8-15/h2-10,16-17H,11H2,1H3/t17-/m0/s1. The summed E-state index contributed by atoms with van der Waals surface area (Å²) in [5.74, 6) is -1.48. The Kier molecular flexibility index (Phi) is 5.71. The number of hydrogen-bond acceptors (Lipinski definition) is 6. The summed E-state index contributed by atoms with van der Waals surface area (Å²) >= 11 is 1.30. The Hall–Kier alpha value is -3.35. The summed E-state index contributed by atoms with van der Waals surface area (Å²) in [5, 5.41) is 19.4. The van der Waals surface area contributed by atoms with Crippen LogP contribution >= 0.6 is 11.3 Å². The van der Waals surface area contributed by atoms with Crippen LogP contribution in [0.1, 0.15) is 33.3 Å². The average Bonchev–Trinajstić information content (AvgIpc) is 3.11. The first-order chi connectivity index (χ1) is 13.1. The highest BCUT2D eigenvalue weighted by Gasteiger charge is 2.28. The molecule has 0 fully saturated rings. The molecule has 6 heteroatoms. The Bertz CT molecular complexity index is 1000. The molecule has 2 aromatic heterocycles. The monoisotopic (exact) mass is 372 g/mol. The van der Waals surface area contributed by atoms with Gasteiger partial charge >= 0.3 is 0 Å². The lowest BCUT2D eigenvalue weighted by Gasteiger charge is -2.16. The second kappa shape index (κ2) is 8.35. The number of ketones is 1. The zero-order valence-electron chi connectivity index (χ0n) is 14.7. The van der Waals surface area contributed by atoms with Crippen LogP contribution in [0.25, 0.3) is 10.7 Å². The van der Waals surface area contributed by atoms with Crippen LogP contribution in [0.2, 0.25) is 0 Å². The lowest BCUT2D eigenvalue weighted by atomic mass is 9.83. The summed E-state index contributed by atoms with van der Waals surface area (Å²) in [6.07, 6.45) is 1.77. The van der Waals surface area contributed by atoms with Crippen molar-refractivity contribution in [3.8, 4) is 22.8 Å². The van der Waals surface area contributed by atoms with Crippen molar-refractivity contribution < 1.29 is 4.79 Å². The van der Waals surface area contributed by atoms with E-state index in [4.69, 9.17) is 0 Å². The Morgan fingerprint density at radius 3 is 2.44 bits per heavy atom. The SMILES string of the molecule is Cc1nc(-c2ccccn2)sc1C(=O)C[C@@H](c1ccccc1)C(C#N)C#N. The number of carbonyl (C=O) groups excluding carboxylic acids is 1. The third-order valence-corrected chi connectivity index (χ3v) is 5.47. The van der Waals surface area contributed by atoms with Gasteiger partial charge in [0.1, 0.15) is 10.9 Å². The van der Waals surface area contributed by atoms with Crippen LogP contribution in [-0.4, -0.2) is 15.8 Å². The van der Waals surface area contributed by atoms with Crippen LogP contribution in [0.4, 0.5) is 0 Å². The number of Topliss-reactive ketones (excluding diaryl/α,β-unsaturated/α-hetero) is 1. The van der Waals surface area contributed by atoms with Crippen LogP contribution in [0.15, 0.2) is 54.7 Å². The number of carbonyl (C=O) groups is 1. The van der Waals surface area contributed by atoms with Crippen molar-refractivity contribution in [2.75, 3.05) is 0 Å². The maximum atomic E-state index is 13.0. The van der Waals surface area contributed by atoms with Gasteiger partial charge in [-0.15, -0.1) is 11.3 Å². The molecule has 5 nitrogen and oxygen atoms in total. The van der Waals surface area contributed by atoms with Gasteiger partial charge in [-0.1, -0.05) is 36.4 Å². The summed E-state index contributed by atoms with van der Waals surface area (Å²) in [7, 11) is 0. The quantitative estimate of drug-likeness (QED) is 0.593. The molecule has 0 saturated heterocycles. The number of hydrogen-bond donors (Lipinski definition) is 0. The van der Waals surface area contributed by atoms with Crippen molar-refractivity contribution >= 4 is 17.1 Å². The van der Waals surface area contributed by atoms with Crippen LogP contribution in [0, 0.1) is 35.5 Å². The van der Waals surface area contributed by atoms with E-state index >= 15 is 0 Å². The van der Waals surface area contributed by atoms with Crippen molar-refractivity contribution in [1.29, 1.82) is 10.5 Å². The van der Waals surface area contributed by atoms with Crippen LogP contribution in [0.3, 0.4) is 0 Å². The zero-order valence-corrected chi connectivity index (χ0v) is 15.5. The van der Waals surface area contributed by atoms with E-state index in [1.165, 1.54) is 11.3 Å². The Morgan fingerprint density at radius 2 is 1.81 bits per heavy atom. The smallest absolute Gasteiger partial charge is 0.175 e. The molecule has 1 atom stereocenters. The van der Waals surface area contributed by atoms with Gasteiger partial charge in [-0.25, -0.2) is 4.98 Å². The first-order valence-corrected chi connectivity index (χ1v) is 9.22. The van der Waals surface area contributed by atoms with Crippen molar-refractivity contribution in [1.82, 2.24) is 9.97 Å². The van der Waals surface area contributed by atoms with Gasteiger partial charge in [-0.2, -0.15) is 10.5 Å². The first-order valence-electron chi connectivity index (χ1n) is 8.40. The molecule has 0 saturated carbocycles. The number of aryl methyl sites for hydroxylation is 1. The number of thiazole rings is 1. The minimum Gasteiger partial charge on any atom is -0.293 e. The largest absolute Gasteiger partial charge is 0.293 e. The van der Waals surface area contributed by atoms with E-state index in [1.807, 2.05) is 60.7 Å². The van der Waals surface area contributed by atoms with Crippen molar-refractivity contribution in [3.05, 3.63) is 70.9 Å². The molecule has 0 bridgehead atoms. The predicted molar refractivity (Wildman–Crippen MR) is 103 cm³/mol. The highest BCUT2D eigenvalue weighted by Crippen LogP contribution is 2.33. The van der Waals surface area contributed by atoms with Crippen LogP contribution < -0.4 is 0 Å². The predicted octanol–water partition coefficient (Wildman–Crippen LogP) is 4.53.